The molecule has 66 valence electrons. The molecule has 0 aliphatic heterocycles. The predicted molar refractivity (Wildman–Crippen MR) is 43.1 cm³/mol. The van der Waals surface area contributed by atoms with Gasteiger partial charge in [-0.3, -0.25) is 4.79 Å². The van der Waals surface area contributed by atoms with Gasteiger partial charge in [-0.25, -0.2) is 0 Å². The molecule has 0 unspecified atom stereocenters. The van der Waals surface area contributed by atoms with E-state index in [0.717, 1.165) is 0 Å². The van der Waals surface area contributed by atoms with E-state index >= 15 is 0 Å². The van der Waals surface area contributed by atoms with Crippen LogP contribution in [0.2, 0.25) is 0 Å². The molecule has 0 aliphatic carbocycles. The Hall–Kier alpha value is -0.870. The van der Waals surface area contributed by atoms with Crippen molar-refractivity contribution in [1.82, 2.24) is 4.90 Å². The number of likely N-dealkylation sites (N-methyl/N-ethyl adjacent to an activating group) is 1. The zero-order valence-corrected chi connectivity index (χ0v) is 6.95. The van der Waals surface area contributed by atoms with Gasteiger partial charge < -0.3 is 15.1 Å². The Balaban J connectivity index is 0. The first-order valence-corrected chi connectivity index (χ1v) is 3.15. The summed E-state index contributed by atoms with van der Waals surface area (Å²) in [6, 6.07) is 0. The van der Waals surface area contributed by atoms with Crippen LogP contribution < -0.4 is 0 Å². The average molecular weight is 161 g/mol. The second-order valence-electron chi connectivity index (χ2n) is 1.88. The van der Waals surface area contributed by atoms with Crippen molar-refractivity contribution in [1.29, 1.82) is 0 Å². The van der Waals surface area contributed by atoms with E-state index < -0.39 is 0 Å². The van der Waals surface area contributed by atoms with Gasteiger partial charge in [-0.15, -0.1) is 0 Å². The zero-order valence-electron chi connectivity index (χ0n) is 6.95. The lowest BCUT2D eigenvalue weighted by Gasteiger charge is -2.03. The van der Waals surface area contributed by atoms with Crippen LogP contribution in [-0.4, -0.2) is 48.3 Å². The van der Waals surface area contributed by atoms with Crippen LogP contribution in [0.3, 0.4) is 0 Å². The first kappa shape index (κ1) is 12.8. The van der Waals surface area contributed by atoms with Crippen LogP contribution in [0, 0.1) is 0 Å². The Morgan fingerprint density at radius 1 is 1.45 bits per heavy atom. The van der Waals surface area contributed by atoms with Crippen molar-refractivity contribution in [3.8, 4) is 0 Å². The molecule has 0 heterocycles. The lowest BCUT2D eigenvalue weighted by Crippen LogP contribution is -2.18. The third-order valence-electron chi connectivity index (χ3n) is 0.715. The largest absolute Gasteiger partial charge is 0.394 e. The molecule has 0 fully saturated rings. The zero-order chi connectivity index (χ0) is 9.28. The first-order valence-electron chi connectivity index (χ1n) is 3.15. The number of carbonyl (C=O) groups is 1. The van der Waals surface area contributed by atoms with Gasteiger partial charge in [0.15, 0.2) is 0 Å². The molecule has 0 bridgehead atoms. The minimum absolute atomic E-state index is 0.0556. The highest BCUT2D eigenvalue weighted by molar-refractivity contribution is 5.86. The van der Waals surface area contributed by atoms with Gasteiger partial charge in [0.2, 0.25) is 5.91 Å². The highest BCUT2D eigenvalue weighted by atomic mass is 16.3. The second kappa shape index (κ2) is 9.13. The molecule has 0 radical (unpaired) electrons. The van der Waals surface area contributed by atoms with Gasteiger partial charge in [-0.1, -0.05) is 6.58 Å². The van der Waals surface area contributed by atoms with E-state index in [0.29, 0.717) is 0 Å². The van der Waals surface area contributed by atoms with Crippen LogP contribution in [0.4, 0.5) is 0 Å². The second-order valence-corrected chi connectivity index (χ2v) is 1.88. The molecule has 1 amide bonds. The molecule has 0 spiro atoms. The molecular formula is C7H15NO3. The van der Waals surface area contributed by atoms with Crippen LogP contribution in [-0.2, 0) is 4.79 Å². The minimum Gasteiger partial charge on any atom is -0.394 e. The lowest BCUT2D eigenvalue weighted by molar-refractivity contribution is -0.123. The topological polar surface area (TPSA) is 60.8 Å². The number of aliphatic hydroxyl groups excluding tert-OH is 2. The molecule has 0 atom stereocenters. The Labute approximate surface area is 66.8 Å². The summed E-state index contributed by atoms with van der Waals surface area (Å²) in [5, 5.41) is 15.2. The maximum absolute atomic E-state index is 10.3. The summed E-state index contributed by atoms with van der Waals surface area (Å²) >= 11 is 0. The molecule has 2 N–H and O–H groups in total. The molecule has 0 saturated heterocycles. The maximum Gasteiger partial charge on any atom is 0.245 e. The quantitative estimate of drug-likeness (QED) is 0.523. The van der Waals surface area contributed by atoms with E-state index in [1.807, 2.05) is 0 Å². The monoisotopic (exact) mass is 161 g/mol. The first-order chi connectivity index (χ1) is 5.09. The van der Waals surface area contributed by atoms with E-state index in [9.17, 15) is 4.79 Å². The molecule has 11 heavy (non-hydrogen) atoms. The van der Waals surface area contributed by atoms with Gasteiger partial charge in [0.25, 0.3) is 0 Å². The summed E-state index contributed by atoms with van der Waals surface area (Å²) in [5.74, 6) is -0.0556. The number of amides is 1. The van der Waals surface area contributed by atoms with Gasteiger partial charge in [-0.05, 0) is 6.08 Å². The molecule has 0 rings (SSSR count). The van der Waals surface area contributed by atoms with Crippen molar-refractivity contribution in [2.45, 2.75) is 0 Å². The number of rotatable bonds is 2. The van der Waals surface area contributed by atoms with Crippen molar-refractivity contribution in [2.24, 2.45) is 0 Å². The van der Waals surface area contributed by atoms with E-state index in [1.54, 1.807) is 14.1 Å². The molecule has 0 aromatic rings. The standard InChI is InChI=1S/C5H9NO.C2H6O2/c1-4-5(7)6(2)3;3-1-2-4/h4H,1H2,2-3H3;3-4H,1-2H2. The van der Waals surface area contributed by atoms with Crippen molar-refractivity contribution in [3.63, 3.8) is 0 Å². The number of aliphatic hydroxyl groups is 2. The number of hydrogen-bond donors (Lipinski definition) is 2. The number of carbonyl (C=O) groups excluding carboxylic acids is 1. The van der Waals surface area contributed by atoms with Gasteiger partial charge in [0.1, 0.15) is 0 Å². The van der Waals surface area contributed by atoms with E-state index in [1.165, 1.54) is 11.0 Å². The lowest BCUT2D eigenvalue weighted by atomic mass is 10.5. The maximum atomic E-state index is 10.3. The Bertz CT molecular complexity index is 110. The fourth-order valence-corrected chi connectivity index (χ4v) is 0.183. The third kappa shape index (κ3) is 12.4. The van der Waals surface area contributed by atoms with Crippen molar-refractivity contribution >= 4 is 5.91 Å². The summed E-state index contributed by atoms with van der Waals surface area (Å²) in [6.45, 7) is 3.04. The van der Waals surface area contributed by atoms with Crippen LogP contribution in [0.25, 0.3) is 0 Å². The van der Waals surface area contributed by atoms with E-state index in [-0.39, 0.29) is 19.1 Å². The predicted octanol–water partition coefficient (Wildman–Crippen LogP) is -0.768. The molecule has 0 saturated carbocycles. The molecule has 0 aromatic carbocycles. The summed E-state index contributed by atoms with van der Waals surface area (Å²) in [6.07, 6.45) is 1.28. The van der Waals surface area contributed by atoms with Gasteiger partial charge >= 0.3 is 0 Å². The highest BCUT2D eigenvalue weighted by Crippen LogP contribution is 1.74. The Morgan fingerprint density at radius 2 is 1.82 bits per heavy atom. The third-order valence-corrected chi connectivity index (χ3v) is 0.715. The molecule has 4 heteroatoms. The summed E-state index contributed by atoms with van der Waals surface area (Å²) in [7, 11) is 3.37. The molecule has 0 aromatic heterocycles. The van der Waals surface area contributed by atoms with Gasteiger partial charge in [-0.2, -0.15) is 0 Å². The fourth-order valence-electron chi connectivity index (χ4n) is 0.183. The molecular weight excluding hydrogens is 146 g/mol. The van der Waals surface area contributed by atoms with Crippen LogP contribution in [0.1, 0.15) is 0 Å². The average Bonchev–Trinajstić information content (AvgIpc) is 2.03. The van der Waals surface area contributed by atoms with Crippen LogP contribution in [0.15, 0.2) is 12.7 Å². The van der Waals surface area contributed by atoms with Crippen molar-refractivity contribution in [2.75, 3.05) is 27.3 Å². The molecule has 4 nitrogen and oxygen atoms in total. The van der Waals surface area contributed by atoms with E-state index in [2.05, 4.69) is 6.58 Å². The van der Waals surface area contributed by atoms with Crippen molar-refractivity contribution in [3.05, 3.63) is 12.7 Å². The summed E-state index contributed by atoms with van der Waals surface area (Å²) in [4.78, 5) is 11.8. The van der Waals surface area contributed by atoms with Crippen molar-refractivity contribution < 1.29 is 15.0 Å². The van der Waals surface area contributed by atoms with Crippen LogP contribution in [0.5, 0.6) is 0 Å². The smallest absolute Gasteiger partial charge is 0.245 e. The normalized spacial score (nSPS) is 7.64. The summed E-state index contributed by atoms with van der Waals surface area (Å²) < 4.78 is 0. The van der Waals surface area contributed by atoms with E-state index in [4.69, 9.17) is 10.2 Å². The van der Waals surface area contributed by atoms with Gasteiger partial charge in [0, 0.05) is 14.1 Å². The van der Waals surface area contributed by atoms with Crippen LogP contribution >= 0.6 is 0 Å². The summed E-state index contributed by atoms with van der Waals surface area (Å²) in [5.41, 5.74) is 0. The Kier molecular flexibility index (Phi) is 10.6. The van der Waals surface area contributed by atoms with Gasteiger partial charge in [0.05, 0.1) is 13.2 Å². The fraction of sp³-hybridized carbons (Fsp3) is 0.571. The minimum atomic E-state index is -0.125. The number of nitrogens with zero attached hydrogens (tertiary/aromatic N) is 1. The highest BCUT2D eigenvalue weighted by Gasteiger charge is 1.91. The SMILES string of the molecule is C=CC(=O)N(C)C.OCCO. The Morgan fingerprint density at radius 3 is 1.82 bits per heavy atom. The molecule has 0 aliphatic rings. The number of hydrogen-bond acceptors (Lipinski definition) is 3.